The minimum Gasteiger partial charge on any atom is -0.445 e. The van der Waals surface area contributed by atoms with Crippen LogP contribution in [0.25, 0.3) is 10.8 Å². The van der Waals surface area contributed by atoms with Crippen LogP contribution in [0.2, 0.25) is 0 Å². The van der Waals surface area contributed by atoms with Crippen LogP contribution in [0.15, 0.2) is 102 Å². The number of carbonyl (C=O) groups excluding carboxylic acids is 4. The summed E-state index contributed by atoms with van der Waals surface area (Å²) in [5.74, 6) is -1.56. The van der Waals surface area contributed by atoms with E-state index in [1.54, 1.807) is 48.5 Å². The summed E-state index contributed by atoms with van der Waals surface area (Å²) >= 11 is 1.43. The number of benzene rings is 4. The van der Waals surface area contributed by atoms with Crippen LogP contribution in [0, 0.1) is 0 Å². The maximum absolute atomic E-state index is 13.6. The number of fused-ring (bicyclic) bond motifs is 1. The van der Waals surface area contributed by atoms with Gasteiger partial charge in [-0.1, -0.05) is 78.9 Å². The summed E-state index contributed by atoms with van der Waals surface area (Å²) in [5, 5.41) is 21.9. The van der Waals surface area contributed by atoms with Crippen molar-refractivity contribution in [3.8, 4) is 0 Å². The van der Waals surface area contributed by atoms with Crippen LogP contribution in [0.4, 0.5) is 4.79 Å². The number of aliphatic hydroxyl groups excluding tert-OH is 1. The number of thioether (sulfide) groups is 1. The Morgan fingerprint density at radius 1 is 0.854 bits per heavy atom. The SMILES string of the molecule is CC(C)(C)NC(=O)c1ccccc1C[C@@H](O)[C@H](CSc1ccc2ccccc2c1)NC(=O)[C@H](CC(N)=O)NC(=O)OCc1ccccc1. The van der Waals surface area contributed by atoms with Crippen molar-refractivity contribution in [3.63, 3.8) is 0 Å². The molecule has 6 N–H and O–H groups in total. The third-order valence-electron chi connectivity index (χ3n) is 7.35. The first-order valence-corrected chi connectivity index (χ1v) is 16.6. The molecule has 4 aromatic carbocycles. The second-order valence-electron chi connectivity index (χ2n) is 12.5. The largest absolute Gasteiger partial charge is 0.445 e. The molecule has 0 aliphatic carbocycles. The van der Waals surface area contributed by atoms with E-state index < -0.39 is 48.1 Å². The van der Waals surface area contributed by atoms with E-state index >= 15 is 0 Å². The third kappa shape index (κ3) is 11.1. The lowest BCUT2D eigenvalue weighted by molar-refractivity contribution is -0.128. The molecule has 0 fully saturated rings. The van der Waals surface area contributed by atoms with Crippen molar-refractivity contribution in [3.05, 3.63) is 114 Å². The van der Waals surface area contributed by atoms with E-state index in [0.29, 0.717) is 11.1 Å². The number of nitrogens with one attached hydrogen (secondary N) is 3. The van der Waals surface area contributed by atoms with Crippen molar-refractivity contribution in [2.24, 2.45) is 5.73 Å². The zero-order chi connectivity index (χ0) is 34.7. The number of aliphatic hydroxyl groups is 1. The van der Waals surface area contributed by atoms with E-state index in [1.807, 2.05) is 69.3 Å². The Labute approximate surface area is 284 Å². The topological polar surface area (TPSA) is 160 Å². The Balaban J connectivity index is 1.53. The molecule has 4 amide bonds. The maximum Gasteiger partial charge on any atom is 0.408 e. The second-order valence-corrected chi connectivity index (χ2v) is 13.6. The first-order valence-electron chi connectivity index (χ1n) is 15.6. The van der Waals surface area contributed by atoms with Gasteiger partial charge in [0, 0.05) is 28.2 Å². The van der Waals surface area contributed by atoms with Gasteiger partial charge < -0.3 is 31.5 Å². The number of amides is 4. The van der Waals surface area contributed by atoms with E-state index in [-0.39, 0.29) is 24.7 Å². The molecule has 0 aromatic heterocycles. The molecule has 0 aliphatic rings. The molecule has 11 heteroatoms. The molecule has 0 unspecified atom stereocenters. The normalized spacial score (nSPS) is 13.2. The fourth-order valence-electron chi connectivity index (χ4n) is 4.99. The highest BCUT2D eigenvalue weighted by atomic mass is 32.2. The highest BCUT2D eigenvalue weighted by Gasteiger charge is 2.30. The Morgan fingerprint density at radius 2 is 1.52 bits per heavy atom. The van der Waals surface area contributed by atoms with Crippen LogP contribution in [-0.4, -0.2) is 58.4 Å². The molecule has 0 saturated carbocycles. The number of ether oxygens (including phenoxy) is 1. The molecule has 4 aromatic rings. The quantitative estimate of drug-likeness (QED) is 0.121. The predicted molar refractivity (Wildman–Crippen MR) is 187 cm³/mol. The number of alkyl carbamates (subject to hydrolysis) is 1. The Bertz CT molecular complexity index is 1730. The standard InChI is InChI=1S/C37H42N4O6S/c1-37(2,3)41-34(44)29-16-10-9-15-27(29)20-32(42)31(23-48-28-18-17-25-13-7-8-14-26(25)19-28)39-35(45)30(21-33(38)43)40-36(46)47-22-24-11-5-4-6-12-24/h4-19,30-32,42H,20-23H2,1-3H3,(H2,38,43)(H,39,45)(H,40,46)(H,41,44)/t30-,31-,32+/m0/s1. The number of primary amides is 1. The van der Waals surface area contributed by atoms with Gasteiger partial charge in [-0.3, -0.25) is 14.4 Å². The average Bonchev–Trinajstić information content (AvgIpc) is 3.04. The van der Waals surface area contributed by atoms with Crippen LogP contribution >= 0.6 is 11.8 Å². The highest BCUT2D eigenvalue weighted by molar-refractivity contribution is 7.99. The molecule has 10 nitrogen and oxygen atoms in total. The number of carbonyl (C=O) groups is 4. The number of nitrogens with two attached hydrogens (primary N) is 1. The van der Waals surface area contributed by atoms with E-state index in [9.17, 15) is 24.3 Å². The fraction of sp³-hybridized carbons (Fsp3) is 0.297. The van der Waals surface area contributed by atoms with Crippen molar-refractivity contribution < 1.29 is 29.0 Å². The molecule has 252 valence electrons. The van der Waals surface area contributed by atoms with Gasteiger partial charge in [0.15, 0.2) is 0 Å². The maximum atomic E-state index is 13.6. The zero-order valence-corrected chi connectivity index (χ0v) is 28.1. The Kier molecular flexibility index (Phi) is 12.6. The Hall–Kier alpha value is -4.87. The summed E-state index contributed by atoms with van der Waals surface area (Å²) < 4.78 is 5.26. The highest BCUT2D eigenvalue weighted by Crippen LogP contribution is 2.25. The van der Waals surface area contributed by atoms with Crippen LogP contribution in [0.1, 0.15) is 48.7 Å². The van der Waals surface area contributed by atoms with Crippen LogP contribution in [-0.2, 0) is 27.4 Å². The summed E-state index contributed by atoms with van der Waals surface area (Å²) in [6, 6.07) is 27.7. The smallest absolute Gasteiger partial charge is 0.408 e. The summed E-state index contributed by atoms with van der Waals surface area (Å²) in [6.45, 7) is 5.60. The molecule has 0 heterocycles. The van der Waals surface area contributed by atoms with Gasteiger partial charge in [0.25, 0.3) is 5.91 Å². The molecule has 0 bridgehead atoms. The molecule has 0 radical (unpaired) electrons. The first-order chi connectivity index (χ1) is 22.9. The van der Waals surface area contributed by atoms with Gasteiger partial charge in [0.2, 0.25) is 11.8 Å². The third-order valence-corrected chi connectivity index (χ3v) is 8.46. The van der Waals surface area contributed by atoms with E-state index in [2.05, 4.69) is 16.0 Å². The zero-order valence-electron chi connectivity index (χ0n) is 27.3. The number of hydrogen-bond acceptors (Lipinski definition) is 7. The molecule has 0 spiro atoms. The summed E-state index contributed by atoms with van der Waals surface area (Å²) in [7, 11) is 0. The lowest BCUT2D eigenvalue weighted by Gasteiger charge is -2.27. The summed E-state index contributed by atoms with van der Waals surface area (Å²) in [6.07, 6.45) is -2.49. The van der Waals surface area contributed by atoms with Gasteiger partial charge >= 0.3 is 6.09 Å². The van der Waals surface area contributed by atoms with Crippen molar-refractivity contribution >= 4 is 46.3 Å². The van der Waals surface area contributed by atoms with Crippen LogP contribution in [0.5, 0.6) is 0 Å². The summed E-state index contributed by atoms with van der Waals surface area (Å²) in [4.78, 5) is 52.2. The monoisotopic (exact) mass is 670 g/mol. The van der Waals surface area contributed by atoms with E-state index in [1.165, 1.54) is 11.8 Å². The van der Waals surface area contributed by atoms with Gasteiger partial charge in [-0.15, -0.1) is 11.8 Å². The van der Waals surface area contributed by atoms with Crippen molar-refractivity contribution in [2.75, 3.05) is 5.75 Å². The van der Waals surface area contributed by atoms with Gasteiger partial charge in [0.05, 0.1) is 18.6 Å². The molecule has 4 rings (SSSR count). The molecule has 0 aliphatic heterocycles. The lowest BCUT2D eigenvalue weighted by atomic mass is 9.97. The fourth-order valence-corrected chi connectivity index (χ4v) is 6.04. The molecule has 48 heavy (non-hydrogen) atoms. The van der Waals surface area contributed by atoms with E-state index in [4.69, 9.17) is 10.5 Å². The minimum absolute atomic E-state index is 0.0382. The van der Waals surface area contributed by atoms with Gasteiger partial charge in [-0.05, 0) is 60.9 Å². The second kappa shape index (κ2) is 16.8. The summed E-state index contributed by atoms with van der Waals surface area (Å²) in [5.41, 5.74) is 6.71. The van der Waals surface area contributed by atoms with Crippen molar-refractivity contribution in [1.29, 1.82) is 0 Å². The van der Waals surface area contributed by atoms with Crippen LogP contribution in [0.3, 0.4) is 0 Å². The molecule has 3 atom stereocenters. The van der Waals surface area contributed by atoms with Crippen LogP contribution < -0.4 is 21.7 Å². The molecule has 0 saturated heterocycles. The van der Waals surface area contributed by atoms with Gasteiger partial charge in [-0.2, -0.15) is 0 Å². The molecular formula is C37H42N4O6S. The first kappa shape index (κ1) is 36.0. The predicted octanol–water partition coefficient (Wildman–Crippen LogP) is 4.72. The Morgan fingerprint density at radius 3 is 2.23 bits per heavy atom. The average molecular weight is 671 g/mol. The number of rotatable bonds is 14. The lowest BCUT2D eigenvalue weighted by Crippen LogP contribution is -2.54. The minimum atomic E-state index is -1.35. The van der Waals surface area contributed by atoms with E-state index in [0.717, 1.165) is 21.2 Å². The molecular weight excluding hydrogens is 628 g/mol. The van der Waals surface area contributed by atoms with Gasteiger partial charge in [0.1, 0.15) is 12.6 Å². The van der Waals surface area contributed by atoms with Gasteiger partial charge in [-0.25, -0.2) is 4.79 Å². The van der Waals surface area contributed by atoms with Crippen molar-refractivity contribution in [2.45, 2.75) is 68.8 Å². The number of hydrogen-bond donors (Lipinski definition) is 5. The van der Waals surface area contributed by atoms with Crippen molar-refractivity contribution in [1.82, 2.24) is 16.0 Å².